The van der Waals surface area contributed by atoms with Crippen molar-refractivity contribution in [3.63, 3.8) is 0 Å². The fourth-order valence-corrected chi connectivity index (χ4v) is 4.10. The smallest absolute Gasteiger partial charge is 0.307 e. The molecule has 1 heterocycles. The van der Waals surface area contributed by atoms with E-state index in [4.69, 9.17) is 5.11 Å². The van der Waals surface area contributed by atoms with E-state index in [1.165, 1.54) is 50.6 Å². The van der Waals surface area contributed by atoms with Crippen molar-refractivity contribution in [2.75, 3.05) is 6.54 Å². The maximum Gasteiger partial charge on any atom is 0.307 e. The Balaban J connectivity index is 1.63. The molecule has 1 aromatic carbocycles. The summed E-state index contributed by atoms with van der Waals surface area (Å²) < 4.78 is 0. The van der Waals surface area contributed by atoms with Crippen molar-refractivity contribution in [2.45, 2.75) is 57.5 Å². The lowest BCUT2D eigenvalue weighted by Crippen LogP contribution is -2.46. The van der Waals surface area contributed by atoms with Gasteiger partial charge in [0, 0.05) is 12.6 Å². The van der Waals surface area contributed by atoms with Gasteiger partial charge in [-0.25, -0.2) is 0 Å². The van der Waals surface area contributed by atoms with Crippen LogP contribution in [0.15, 0.2) is 24.3 Å². The molecule has 1 aliphatic carbocycles. The summed E-state index contributed by atoms with van der Waals surface area (Å²) in [5, 5.41) is 8.82. The van der Waals surface area contributed by atoms with Crippen molar-refractivity contribution >= 4 is 5.97 Å². The fourth-order valence-electron chi connectivity index (χ4n) is 4.10. The first kappa shape index (κ1) is 14.6. The van der Waals surface area contributed by atoms with Gasteiger partial charge in [-0.3, -0.25) is 9.69 Å². The summed E-state index contributed by atoms with van der Waals surface area (Å²) in [6, 6.07) is 8.92. The summed E-state index contributed by atoms with van der Waals surface area (Å²) in [6.07, 6.45) is 8.44. The van der Waals surface area contributed by atoms with Gasteiger partial charge in [-0.05, 0) is 49.3 Å². The molecule has 0 bridgehead atoms. The lowest BCUT2D eigenvalue weighted by atomic mass is 9.78. The maximum absolute atomic E-state index is 10.7. The molecule has 1 saturated heterocycles. The second-order valence-electron chi connectivity index (χ2n) is 6.61. The number of aliphatic carboxylic acids is 1. The standard InChI is InChI=1S/C18H25NO2/c20-18(21)12-14-7-9-15(10-8-14)13-19-11-3-5-16-4-1-2-6-17(16)19/h7-10,16-17H,1-6,11-13H2,(H,20,21). The van der Waals surface area contributed by atoms with Gasteiger partial charge in [-0.2, -0.15) is 0 Å². The number of hydrogen-bond donors (Lipinski definition) is 1. The van der Waals surface area contributed by atoms with E-state index in [1.807, 2.05) is 12.1 Å². The van der Waals surface area contributed by atoms with Gasteiger partial charge in [0.25, 0.3) is 0 Å². The Bertz CT molecular complexity index is 480. The molecule has 0 amide bonds. The molecule has 0 spiro atoms. The average Bonchev–Trinajstić information content (AvgIpc) is 2.49. The Morgan fingerprint density at radius 1 is 1.05 bits per heavy atom. The van der Waals surface area contributed by atoms with Crippen LogP contribution in [0.4, 0.5) is 0 Å². The highest BCUT2D eigenvalue weighted by atomic mass is 16.4. The summed E-state index contributed by atoms with van der Waals surface area (Å²) in [7, 11) is 0. The maximum atomic E-state index is 10.7. The van der Waals surface area contributed by atoms with Gasteiger partial charge in [0.1, 0.15) is 0 Å². The number of piperidine rings is 1. The van der Waals surface area contributed by atoms with E-state index in [0.717, 1.165) is 24.1 Å². The summed E-state index contributed by atoms with van der Waals surface area (Å²) in [5.41, 5.74) is 2.20. The van der Waals surface area contributed by atoms with E-state index in [9.17, 15) is 4.79 Å². The molecule has 0 radical (unpaired) electrons. The van der Waals surface area contributed by atoms with Gasteiger partial charge in [-0.1, -0.05) is 37.1 Å². The van der Waals surface area contributed by atoms with Gasteiger partial charge >= 0.3 is 5.97 Å². The molecule has 2 atom stereocenters. The first-order chi connectivity index (χ1) is 10.2. The topological polar surface area (TPSA) is 40.5 Å². The molecule has 2 unspecified atom stereocenters. The Morgan fingerprint density at radius 3 is 2.48 bits per heavy atom. The predicted molar refractivity (Wildman–Crippen MR) is 83.2 cm³/mol. The summed E-state index contributed by atoms with van der Waals surface area (Å²) in [6.45, 7) is 2.24. The molecule has 2 fully saturated rings. The van der Waals surface area contributed by atoms with Crippen LogP contribution in [0.5, 0.6) is 0 Å². The third kappa shape index (κ3) is 3.65. The summed E-state index contributed by atoms with van der Waals surface area (Å²) in [4.78, 5) is 13.4. The quantitative estimate of drug-likeness (QED) is 0.922. The second-order valence-corrected chi connectivity index (χ2v) is 6.61. The predicted octanol–water partition coefficient (Wildman–Crippen LogP) is 3.47. The van der Waals surface area contributed by atoms with Crippen LogP contribution in [-0.2, 0) is 17.8 Å². The third-order valence-corrected chi connectivity index (χ3v) is 5.12. The molecule has 114 valence electrons. The van der Waals surface area contributed by atoms with Crippen LogP contribution in [0.1, 0.15) is 49.7 Å². The number of likely N-dealkylation sites (tertiary alicyclic amines) is 1. The van der Waals surface area contributed by atoms with E-state index < -0.39 is 5.97 Å². The summed E-state index contributed by atoms with van der Waals surface area (Å²) >= 11 is 0. The monoisotopic (exact) mass is 287 g/mol. The number of nitrogens with zero attached hydrogens (tertiary/aromatic N) is 1. The lowest BCUT2D eigenvalue weighted by Gasteiger charge is -2.44. The minimum absolute atomic E-state index is 0.120. The Labute approximate surface area is 127 Å². The molecular formula is C18H25NO2. The largest absolute Gasteiger partial charge is 0.481 e. The molecule has 3 rings (SSSR count). The van der Waals surface area contributed by atoms with E-state index in [1.54, 1.807) is 0 Å². The van der Waals surface area contributed by atoms with Crippen LogP contribution >= 0.6 is 0 Å². The zero-order valence-electron chi connectivity index (χ0n) is 12.6. The number of rotatable bonds is 4. The zero-order valence-corrected chi connectivity index (χ0v) is 12.6. The van der Waals surface area contributed by atoms with Crippen molar-refractivity contribution in [3.8, 4) is 0 Å². The van der Waals surface area contributed by atoms with E-state index >= 15 is 0 Å². The van der Waals surface area contributed by atoms with Crippen LogP contribution in [0.25, 0.3) is 0 Å². The molecule has 3 heteroatoms. The Kier molecular flexibility index (Phi) is 4.59. The summed E-state index contributed by atoms with van der Waals surface area (Å²) in [5.74, 6) is 0.155. The van der Waals surface area contributed by atoms with Crippen molar-refractivity contribution in [1.82, 2.24) is 4.90 Å². The minimum atomic E-state index is -0.760. The molecule has 1 N–H and O–H groups in total. The van der Waals surface area contributed by atoms with Crippen LogP contribution in [0.2, 0.25) is 0 Å². The molecule has 21 heavy (non-hydrogen) atoms. The van der Waals surface area contributed by atoms with E-state index in [-0.39, 0.29) is 6.42 Å². The number of carboxylic acid groups (broad SMARTS) is 1. The highest BCUT2D eigenvalue weighted by Gasteiger charge is 2.32. The van der Waals surface area contributed by atoms with E-state index in [0.29, 0.717) is 0 Å². The third-order valence-electron chi connectivity index (χ3n) is 5.12. The van der Waals surface area contributed by atoms with Crippen molar-refractivity contribution in [3.05, 3.63) is 35.4 Å². The molecule has 1 aromatic rings. The van der Waals surface area contributed by atoms with Crippen LogP contribution in [0, 0.1) is 5.92 Å². The number of hydrogen-bond acceptors (Lipinski definition) is 2. The van der Waals surface area contributed by atoms with Crippen molar-refractivity contribution in [1.29, 1.82) is 0 Å². The molecular weight excluding hydrogens is 262 g/mol. The van der Waals surface area contributed by atoms with Crippen LogP contribution in [0.3, 0.4) is 0 Å². The zero-order chi connectivity index (χ0) is 14.7. The first-order valence-corrected chi connectivity index (χ1v) is 8.26. The van der Waals surface area contributed by atoms with Crippen molar-refractivity contribution in [2.24, 2.45) is 5.92 Å². The number of carboxylic acids is 1. The van der Waals surface area contributed by atoms with Gasteiger partial charge < -0.3 is 5.11 Å². The Morgan fingerprint density at radius 2 is 1.71 bits per heavy atom. The highest BCUT2D eigenvalue weighted by molar-refractivity contribution is 5.70. The van der Waals surface area contributed by atoms with Gasteiger partial charge in [0.15, 0.2) is 0 Å². The van der Waals surface area contributed by atoms with Crippen molar-refractivity contribution < 1.29 is 9.90 Å². The fraction of sp³-hybridized carbons (Fsp3) is 0.611. The molecule has 0 aromatic heterocycles. The van der Waals surface area contributed by atoms with Crippen LogP contribution < -0.4 is 0 Å². The molecule has 3 nitrogen and oxygen atoms in total. The highest BCUT2D eigenvalue weighted by Crippen LogP contribution is 2.35. The van der Waals surface area contributed by atoms with Gasteiger partial charge in [-0.15, -0.1) is 0 Å². The van der Waals surface area contributed by atoms with Gasteiger partial charge in [0.2, 0.25) is 0 Å². The van der Waals surface area contributed by atoms with Crippen LogP contribution in [-0.4, -0.2) is 28.6 Å². The number of fused-ring (bicyclic) bond motifs is 1. The number of carbonyl (C=O) groups is 1. The molecule has 2 aliphatic rings. The normalized spacial score (nSPS) is 26.3. The molecule has 1 saturated carbocycles. The lowest BCUT2D eigenvalue weighted by molar-refractivity contribution is -0.136. The number of benzene rings is 1. The van der Waals surface area contributed by atoms with E-state index in [2.05, 4.69) is 17.0 Å². The second kappa shape index (κ2) is 6.61. The SMILES string of the molecule is O=C(O)Cc1ccc(CN2CCCC3CCCCC32)cc1. The first-order valence-electron chi connectivity index (χ1n) is 8.26. The average molecular weight is 287 g/mol. The molecule has 1 aliphatic heterocycles. The van der Waals surface area contributed by atoms with Gasteiger partial charge in [0.05, 0.1) is 6.42 Å². The Hall–Kier alpha value is -1.35. The minimum Gasteiger partial charge on any atom is -0.481 e.